The van der Waals surface area contributed by atoms with Crippen LogP contribution in [-0.2, 0) is 6.42 Å². The third-order valence-electron chi connectivity index (χ3n) is 3.33. The summed E-state index contributed by atoms with van der Waals surface area (Å²) >= 11 is 0. The quantitative estimate of drug-likeness (QED) is 0.692. The molecule has 1 aromatic carbocycles. The molecule has 0 aromatic heterocycles. The van der Waals surface area contributed by atoms with Gasteiger partial charge in [0.05, 0.1) is 0 Å². The Hall–Kier alpha value is -0.820. The summed E-state index contributed by atoms with van der Waals surface area (Å²) < 4.78 is 0. The van der Waals surface area contributed by atoms with E-state index in [1.54, 1.807) is 0 Å². The normalized spacial score (nSPS) is 12.7. The smallest absolute Gasteiger partial charge is 0.00773 e. The van der Waals surface area contributed by atoms with E-state index in [1.807, 2.05) is 0 Å². The van der Waals surface area contributed by atoms with Gasteiger partial charge in [-0.15, -0.1) is 0 Å². The minimum Gasteiger partial charge on any atom is -0.330 e. The van der Waals surface area contributed by atoms with Gasteiger partial charge in [0.25, 0.3) is 0 Å². The lowest BCUT2D eigenvalue weighted by Crippen LogP contribution is -1.98. The summed E-state index contributed by atoms with van der Waals surface area (Å²) in [4.78, 5) is 0. The highest BCUT2D eigenvalue weighted by Gasteiger charge is 2.02. The lowest BCUT2D eigenvalue weighted by molar-refractivity contribution is 0.685. The van der Waals surface area contributed by atoms with Crippen molar-refractivity contribution in [2.75, 3.05) is 6.54 Å². The second-order valence-corrected chi connectivity index (χ2v) is 4.65. The average molecular weight is 219 g/mol. The summed E-state index contributed by atoms with van der Waals surface area (Å²) in [5.74, 6) is 0.686. The molecular weight excluding hydrogens is 194 g/mol. The van der Waals surface area contributed by atoms with Gasteiger partial charge in [-0.25, -0.2) is 0 Å². The molecule has 0 aliphatic rings. The molecule has 90 valence electrons. The van der Waals surface area contributed by atoms with Gasteiger partial charge < -0.3 is 5.73 Å². The van der Waals surface area contributed by atoms with E-state index in [9.17, 15) is 0 Å². The maximum absolute atomic E-state index is 5.48. The van der Waals surface area contributed by atoms with Gasteiger partial charge in [-0.05, 0) is 49.3 Å². The van der Waals surface area contributed by atoms with Crippen molar-refractivity contribution >= 4 is 0 Å². The van der Waals surface area contributed by atoms with Crippen molar-refractivity contribution in [3.63, 3.8) is 0 Å². The van der Waals surface area contributed by atoms with Crippen molar-refractivity contribution in [2.24, 2.45) is 5.73 Å². The van der Waals surface area contributed by atoms with E-state index in [2.05, 4.69) is 38.1 Å². The molecule has 0 saturated carbocycles. The predicted molar refractivity (Wildman–Crippen MR) is 71.8 cm³/mol. The highest BCUT2D eigenvalue weighted by Crippen LogP contribution is 2.19. The molecule has 1 rings (SSSR count). The minimum absolute atomic E-state index is 0.686. The van der Waals surface area contributed by atoms with Crippen LogP contribution in [0.15, 0.2) is 24.3 Å². The van der Waals surface area contributed by atoms with Crippen LogP contribution in [0.3, 0.4) is 0 Å². The fourth-order valence-electron chi connectivity index (χ4n) is 1.90. The summed E-state index contributed by atoms with van der Waals surface area (Å²) in [6.45, 7) is 5.36. The molecule has 0 spiro atoms. The number of unbranched alkanes of at least 4 members (excludes halogenated alkanes) is 2. The van der Waals surface area contributed by atoms with Crippen LogP contribution in [0.2, 0.25) is 0 Å². The summed E-state index contributed by atoms with van der Waals surface area (Å²) in [6.07, 6.45) is 6.09. The second kappa shape index (κ2) is 7.45. The summed E-state index contributed by atoms with van der Waals surface area (Å²) in [7, 11) is 0. The Bertz CT molecular complexity index is 276. The Morgan fingerprint density at radius 3 is 2.31 bits per heavy atom. The topological polar surface area (TPSA) is 26.0 Å². The summed E-state index contributed by atoms with van der Waals surface area (Å²) in [5, 5.41) is 0. The lowest BCUT2D eigenvalue weighted by atomic mass is 9.96. The highest BCUT2D eigenvalue weighted by atomic mass is 14.5. The number of hydrogen-bond acceptors (Lipinski definition) is 1. The molecule has 1 nitrogen and oxygen atoms in total. The van der Waals surface area contributed by atoms with Crippen LogP contribution in [0, 0.1) is 0 Å². The summed E-state index contributed by atoms with van der Waals surface area (Å²) in [6, 6.07) is 9.13. The van der Waals surface area contributed by atoms with Crippen LogP contribution in [0.1, 0.15) is 56.6 Å². The van der Waals surface area contributed by atoms with Gasteiger partial charge in [-0.3, -0.25) is 0 Å². The third kappa shape index (κ3) is 4.36. The van der Waals surface area contributed by atoms with Crippen LogP contribution in [0.4, 0.5) is 0 Å². The Kier molecular flexibility index (Phi) is 6.17. The monoisotopic (exact) mass is 219 g/mol. The molecule has 2 N–H and O–H groups in total. The van der Waals surface area contributed by atoms with Gasteiger partial charge in [0, 0.05) is 0 Å². The van der Waals surface area contributed by atoms with Crippen molar-refractivity contribution in [3.05, 3.63) is 35.4 Å². The number of hydrogen-bond donors (Lipinski definition) is 1. The molecule has 1 atom stereocenters. The number of aryl methyl sites for hydroxylation is 1. The molecule has 1 heteroatoms. The lowest BCUT2D eigenvalue weighted by Gasteiger charge is -2.09. The molecule has 0 fully saturated rings. The van der Waals surface area contributed by atoms with Crippen LogP contribution < -0.4 is 5.73 Å². The first-order valence-corrected chi connectivity index (χ1v) is 6.56. The van der Waals surface area contributed by atoms with E-state index in [1.165, 1.54) is 36.8 Å². The van der Waals surface area contributed by atoms with Crippen LogP contribution >= 0.6 is 0 Å². The number of nitrogens with two attached hydrogens (primary N) is 1. The van der Waals surface area contributed by atoms with Crippen molar-refractivity contribution in [1.29, 1.82) is 0 Å². The molecule has 0 saturated heterocycles. The van der Waals surface area contributed by atoms with E-state index in [0.29, 0.717) is 5.92 Å². The van der Waals surface area contributed by atoms with Gasteiger partial charge in [-0.2, -0.15) is 0 Å². The Morgan fingerprint density at radius 2 is 1.75 bits per heavy atom. The minimum atomic E-state index is 0.686. The zero-order valence-corrected chi connectivity index (χ0v) is 10.7. The number of benzene rings is 1. The Labute approximate surface area is 100 Å². The fraction of sp³-hybridized carbons (Fsp3) is 0.600. The summed E-state index contributed by atoms with van der Waals surface area (Å²) in [5.41, 5.74) is 8.40. The molecule has 0 aliphatic carbocycles. The molecule has 0 heterocycles. The van der Waals surface area contributed by atoms with Crippen molar-refractivity contribution in [1.82, 2.24) is 0 Å². The molecule has 0 radical (unpaired) electrons. The first kappa shape index (κ1) is 13.2. The van der Waals surface area contributed by atoms with Gasteiger partial charge in [0.2, 0.25) is 0 Å². The Balaban J connectivity index is 2.39. The van der Waals surface area contributed by atoms with E-state index in [0.717, 1.165) is 13.0 Å². The van der Waals surface area contributed by atoms with Gasteiger partial charge in [0.15, 0.2) is 0 Å². The van der Waals surface area contributed by atoms with E-state index in [-0.39, 0.29) is 0 Å². The molecule has 1 aromatic rings. The SMILES string of the molecule is CCC(C)c1ccc(CCCCCN)cc1. The molecule has 1 unspecified atom stereocenters. The third-order valence-corrected chi connectivity index (χ3v) is 3.33. The zero-order chi connectivity index (χ0) is 11.8. The molecule has 0 bridgehead atoms. The van der Waals surface area contributed by atoms with Crippen molar-refractivity contribution in [2.45, 2.75) is 51.9 Å². The molecular formula is C15H25N. The average Bonchev–Trinajstić information content (AvgIpc) is 2.34. The first-order chi connectivity index (χ1) is 7.77. The van der Waals surface area contributed by atoms with Gasteiger partial charge in [0.1, 0.15) is 0 Å². The standard InChI is InChI=1S/C15H25N/c1-3-13(2)15-10-8-14(9-11-15)7-5-4-6-12-16/h8-11,13H,3-7,12,16H2,1-2H3. The number of rotatable bonds is 7. The van der Waals surface area contributed by atoms with E-state index >= 15 is 0 Å². The van der Waals surface area contributed by atoms with E-state index < -0.39 is 0 Å². The molecule has 0 aliphatic heterocycles. The van der Waals surface area contributed by atoms with Crippen LogP contribution in [0.5, 0.6) is 0 Å². The van der Waals surface area contributed by atoms with E-state index in [4.69, 9.17) is 5.73 Å². The maximum atomic E-state index is 5.48. The maximum Gasteiger partial charge on any atom is -0.00773 e. The Morgan fingerprint density at radius 1 is 1.06 bits per heavy atom. The van der Waals surface area contributed by atoms with Crippen LogP contribution in [-0.4, -0.2) is 6.54 Å². The fourth-order valence-corrected chi connectivity index (χ4v) is 1.90. The second-order valence-electron chi connectivity index (χ2n) is 4.65. The first-order valence-electron chi connectivity index (χ1n) is 6.56. The van der Waals surface area contributed by atoms with Gasteiger partial charge in [-0.1, -0.05) is 44.5 Å². The van der Waals surface area contributed by atoms with Crippen LogP contribution in [0.25, 0.3) is 0 Å². The predicted octanol–water partition coefficient (Wildman–Crippen LogP) is 3.87. The molecule has 0 amide bonds. The van der Waals surface area contributed by atoms with Crippen molar-refractivity contribution < 1.29 is 0 Å². The molecule has 16 heavy (non-hydrogen) atoms. The zero-order valence-electron chi connectivity index (χ0n) is 10.7. The van der Waals surface area contributed by atoms with Gasteiger partial charge >= 0.3 is 0 Å². The largest absolute Gasteiger partial charge is 0.330 e. The van der Waals surface area contributed by atoms with Crippen molar-refractivity contribution in [3.8, 4) is 0 Å². The highest BCUT2D eigenvalue weighted by molar-refractivity contribution is 5.25.